The van der Waals surface area contributed by atoms with E-state index in [1.54, 1.807) is 0 Å². The molecule has 1 nitrogen and oxygen atoms in total. The second-order valence-electron chi connectivity index (χ2n) is 6.54. The molecule has 0 amide bonds. The Morgan fingerprint density at radius 3 is 2.22 bits per heavy atom. The Morgan fingerprint density at radius 2 is 1.57 bits per heavy atom. The first-order valence-corrected chi connectivity index (χ1v) is 8.12. The molecule has 3 rings (SSSR count). The van der Waals surface area contributed by atoms with E-state index < -0.39 is 0 Å². The highest BCUT2D eigenvalue weighted by Crippen LogP contribution is 2.37. The van der Waals surface area contributed by atoms with Gasteiger partial charge in [0.2, 0.25) is 0 Å². The minimum atomic E-state index is 0.101. The zero-order chi connectivity index (χ0) is 16.6. The lowest BCUT2D eigenvalue weighted by Crippen LogP contribution is -2.01. The van der Waals surface area contributed by atoms with E-state index in [1.807, 2.05) is 36.4 Å². The van der Waals surface area contributed by atoms with Crippen molar-refractivity contribution in [2.45, 2.75) is 33.6 Å². The maximum absolute atomic E-state index is 12.9. The van der Waals surface area contributed by atoms with E-state index in [1.165, 1.54) is 16.7 Å². The lowest BCUT2D eigenvalue weighted by molar-refractivity contribution is 0.103. The average Bonchev–Trinajstić information content (AvgIpc) is 2.76. The predicted octanol–water partition coefficient (Wildman–Crippen LogP) is 5.76. The van der Waals surface area contributed by atoms with Gasteiger partial charge in [-0.3, -0.25) is 4.79 Å². The fourth-order valence-corrected chi connectivity index (χ4v) is 3.12. The molecular weight excluding hydrogens is 280 g/mol. The molecule has 1 aromatic rings. The van der Waals surface area contributed by atoms with Crippen LogP contribution in [0.25, 0.3) is 11.1 Å². The van der Waals surface area contributed by atoms with Gasteiger partial charge in [-0.2, -0.15) is 0 Å². The molecule has 1 heteroatoms. The van der Waals surface area contributed by atoms with Crippen LogP contribution in [0.3, 0.4) is 0 Å². The Hall–Kier alpha value is -2.41. The van der Waals surface area contributed by atoms with Crippen LogP contribution in [0.5, 0.6) is 0 Å². The molecule has 0 aliphatic heterocycles. The molecule has 0 bridgehead atoms. The quantitative estimate of drug-likeness (QED) is 0.562. The Kier molecular flexibility index (Phi) is 4.04. The van der Waals surface area contributed by atoms with Gasteiger partial charge < -0.3 is 0 Å². The molecule has 1 aromatic carbocycles. The molecule has 0 fully saturated rings. The van der Waals surface area contributed by atoms with Crippen LogP contribution in [0.2, 0.25) is 0 Å². The van der Waals surface area contributed by atoms with Gasteiger partial charge >= 0.3 is 0 Å². The van der Waals surface area contributed by atoms with Crippen molar-refractivity contribution in [3.8, 4) is 11.1 Å². The van der Waals surface area contributed by atoms with Gasteiger partial charge in [-0.15, -0.1) is 0 Å². The van der Waals surface area contributed by atoms with E-state index in [4.69, 9.17) is 0 Å². The molecule has 0 saturated carbocycles. The molecule has 0 aromatic heterocycles. The van der Waals surface area contributed by atoms with Gasteiger partial charge in [-0.25, -0.2) is 0 Å². The SMILES string of the molecule is Cc1cc(C(=O)c2ccccc2)c2c(C)ccc(C(C)C)cc1-2. The Morgan fingerprint density at radius 1 is 0.870 bits per heavy atom. The Labute approximate surface area is 138 Å². The van der Waals surface area contributed by atoms with Gasteiger partial charge in [0.15, 0.2) is 5.78 Å². The molecule has 116 valence electrons. The number of ketones is 1. The average molecular weight is 302 g/mol. The number of carbonyl (C=O) groups is 1. The molecule has 0 N–H and O–H groups in total. The molecule has 2 aliphatic rings. The lowest BCUT2D eigenvalue weighted by atomic mass is 9.97. The van der Waals surface area contributed by atoms with E-state index in [2.05, 4.69) is 45.9 Å². The molecule has 0 radical (unpaired) electrons. The van der Waals surface area contributed by atoms with Crippen LogP contribution in [0.1, 0.15) is 52.4 Å². The highest BCUT2D eigenvalue weighted by molar-refractivity contribution is 6.14. The smallest absolute Gasteiger partial charge is 0.193 e. The summed E-state index contributed by atoms with van der Waals surface area (Å²) in [5.74, 6) is 0.566. The Balaban J connectivity index is 2.21. The monoisotopic (exact) mass is 302 g/mol. The van der Waals surface area contributed by atoms with Crippen molar-refractivity contribution < 1.29 is 4.79 Å². The number of carbonyl (C=O) groups excluding carboxylic acids is 1. The molecule has 0 atom stereocenters. The molecule has 0 unspecified atom stereocenters. The van der Waals surface area contributed by atoms with Crippen molar-refractivity contribution in [3.63, 3.8) is 0 Å². The normalized spacial score (nSPS) is 11.2. The zero-order valence-electron chi connectivity index (χ0n) is 14.2. The molecule has 23 heavy (non-hydrogen) atoms. The van der Waals surface area contributed by atoms with E-state index >= 15 is 0 Å². The van der Waals surface area contributed by atoms with Crippen LogP contribution < -0.4 is 0 Å². The summed E-state index contributed by atoms with van der Waals surface area (Å²) in [6.45, 7) is 8.58. The van der Waals surface area contributed by atoms with Crippen LogP contribution in [-0.4, -0.2) is 5.78 Å². The maximum Gasteiger partial charge on any atom is 0.193 e. The second-order valence-corrected chi connectivity index (χ2v) is 6.54. The number of rotatable bonds is 3. The first kappa shape index (κ1) is 15.5. The molecular formula is C22H22O. The minimum Gasteiger partial charge on any atom is -0.289 e. The van der Waals surface area contributed by atoms with Gasteiger partial charge in [-0.1, -0.05) is 62.4 Å². The summed E-state index contributed by atoms with van der Waals surface area (Å²) in [7, 11) is 0. The number of fused-ring (bicyclic) bond motifs is 1. The van der Waals surface area contributed by atoms with Crippen LogP contribution in [0.4, 0.5) is 0 Å². The summed E-state index contributed by atoms with van der Waals surface area (Å²) in [5, 5.41) is 0. The topological polar surface area (TPSA) is 17.1 Å². The number of aryl methyl sites for hydroxylation is 2. The first-order chi connectivity index (χ1) is 11.0. The van der Waals surface area contributed by atoms with Crippen LogP contribution in [0, 0.1) is 13.8 Å². The summed E-state index contributed by atoms with van der Waals surface area (Å²) in [4.78, 5) is 12.9. The zero-order valence-corrected chi connectivity index (χ0v) is 14.2. The summed E-state index contributed by atoms with van der Waals surface area (Å²) in [6, 6.07) is 18.1. The fraction of sp³-hybridized carbons (Fsp3) is 0.227. The molecule has 0 spiro atoms. The van der Waals surface area contributed by atoms with Crippen molar-refractivity contribution in [2.75, 3.05) is 0 Å². The van der Waals surface area contributed by atoms with Crippen molar-refractivity contribution in [2.24, 2.45) is 0 Å². The van der Waals surface area contributed by atoms with Gasteiger partial charge in [0.1, 0.15) is 0 Å². The lowest BCUT2D eigenvalue weighted by Gasteiger charge is -2.06. The number of hydrogen-bond acceptors (Lipinski definition) is 1. The van der Waals surface area contributed by atoms with Crippen LogP contribution in [0.15, 0.2) is 54.6 Å². The second kappa shape index (κ2) is 6.00. The number of hydrogen-bond donors (Lipinski definition) is 0. The highest BCUT2D eigenvalue weighted by Gasteiger charge is 2.21. The molecule has 0 saturated heterocycles. The summed E-state index contributed by atoms with van der Waals surface area (Å²) >= 11 is 0. The third-order valence-electron chi connectivity index (χ3n) is 4.50. The standard InChI is InChI=1S/C22H22O/c1-14(2)18-11-10-15(3)21-19(13-18)16(4)12-20(21)22(23)17-8-6-5-7-9-17/h5-14H,1-4H3. The van der Waals surface area contributed by atoms with Gasteiger partial charge in [-0.05, 0) is 53.6 Å². The first-order valence-electron chi connectivity index (χ1n) is 8.12. The van der Waals surface area contributed by atoms with E-state index in [0.29, 0.717) is 5.92 Å². The number of benzene rings is 1. The van der Waals surface area contributed by atoms with Crippen molar-refractivity contribution in [1.29, 1.82) is 0 Å². The van der Waals surface area contributed by atoms with Crippen molar-refractivity contribution >= 4 is 5.78 Å². The molecule has 0 heterocycles. The van der Waals surface area contributed by atoms with Gasteiger partial charge in [0.05, 0.1) is 0 Å². The summed E-state index contributed by atoms with van der Waals surface area (Å²) in [5.41, 5.74) is 7.45. The van der Waals surface area contributed by atoms with E-state index in [9.17, 15) is 4.79 Å². The predicted molar refractivity (Wildman–Crippen MR) is 96.5 cm³/mol. The minimum absolute atomic E-state index is 0.101. The molecule has 2 aliphatic carbocycles. The maximum atomic E-state index is 12.9. The fourth-order valence-electron chi connectivity index (χ4n) is 3.12. The third kappa shape index (κ3) is 2.79. The van der Waals surface area contributed by atoms with E-state index in [-0.39, 0.29) is 5.78 Å². The highest BCUT2D eigenvalue weighted by atomic mass is 16.1. The summed E-state index contributed by atoms with van der Waals surface area (Å²) in [6.07, 6.45) is 0. The third-order valence-corrected chi connectivity index (χ3v) is 4.50. The Bertz CT molecular complexity index is 828. The van der Waals surface area contributed by atoms with Crippen LogP contribution in [-0.2, 0) is 0 Å². The van der Waals surface area contributed by atoms with Gasteiger partial charge in [0.25, 0.3) is 0 Å². The van der Waals surface area contributed by atoms with E-state index in [0.717, 1.165) is 22.3 Å². The largest absolute Gasteiger partial charge is 0.289 e. The van der Waals surface area contributed by atoms with Gasteiger partial charge in [0, 0.05) is 11.1 Å². The summed E-state index contributed by atoms with van der Waals surface area (Å²) < 4.78 is 0. The van der Waals surface area contributed by atoms with Crippen LogP contribution >= 0.6 is 0 Å². The van der Waals surface area contributed by atoms with Crippen molar-refractivity contribution in [3.05, 3.63) is 82.4 Å². The van der Waals surface area contributed by atoms with Crippen molar-refractivity contribution in [1.82, 2.24) is 0 Å².